The summed E-state index contributed by atoms with van der Waals surface area (Å²) < 4.78 is 0. The largest absolute Gasteiger partial charge is 0.331 e. The lowest BCUT2D eigenvalue weighted by Crippen LogP contribution is -2.48. The average Bonchev–Trinajstić information content (AvgIpc) is 2.24. The Hall–Kier alpha value is -1.16. The van der Waals surface area contributed by atoms with Crippen LogP contribution in [0.2, 0.25) is 0 Å². The summed E-state index contributed by atoms with van der Waals surface area (Å²) in [6.45, 7) is 3.91. The molecule has 1 aliphatic rings. The fourth-order valence-corrected chi connectivity index (χ4v) is 1.74. The minimum atomic E-state index is -0.917. The van der Waals surface area contributed by atoms with Gasteiger partial charge in [0, 0.05) is 18.3 Å². The van der Waals surface area contributed by atoms with E-state index in [2.05, 4.69) is 5.32 Å². The van der Waals surface area contributed by atoms with Gasteiger partial charge in [-0.3, -0.25) is 9.59 Å². The van der Waals surface area contributed by atoms with Crippen LogP contribution in [0.1, 0.15) is 33.1 Å². The maximum Gasteiger partial charge on any atom is 0.237 e. The maximum absolute atomic E-state index is 12.0. The molecule has 84 valence electrons. The SMILES string of the molecule is CCCCC1(C)C(=O)NC=C(CN)C1=O. The monoisotopic (exact) mass is 210 g/mol. The van der Waals surface area contributed by atoms with E-state index in [0.717, 1.165) is 12.8 Å². The van der Waals surface area contributed by atoms with Gasteiger partial charge in [0.2, 0.25) is 5.91 Å². The van der Waals surface area contributed by atoms with Gasteiger partial charge in [0.1, 0.15) is 5.41 Å². The molecule has 0 aliphatic carbocycles. The topological polar surface area (TPSA) is 72.2 Å². The summed E-state index contributed by atoms with van der Waals surface area (Å²) in [5.74, 6) is -0.333. The Balaban J connectivity index is 2.91. The highest BCUT2D eigenvalue weighted by atomic mass is 16.2. The third kappa shape index (κ3) is 2.09. The highest BCUT2D eigenvalue weighted by molar-refractivity contribution is 6.15. The Morgan fingerprint density at radius 2 is 2.13 bits per heavy atom. The van der Waals surface area contributed by atoms with Crippen LogP contribution in [0.25, 0.3) is 0 Å². The number of carbonyl (C=O) groups is 2. The highest BCUT2D eigenvalue weighted by Crippen LogP contribution is 2.30. The van der Waals surface area contributed by atoms with Crippen molar-refractivity contribution in [2.45, 2.75) is 33.1 Å². The lowest BCUT2D eigenvalue weighted by molar-refractivity contribution is -0.140. The standard InChI is InChI=1S/C11H18N2O2/c1-3-4-5-11(2)9(14)8(6-12)7-13-10(11)15/h7H,3-6,12H2,1-2H3,(H,13,15). The number of unbranched alkanes of at least 4 members (excludes halogenated alkanes) is 1. The van der Waals surface area contributed by atoms with Gasteiger partial charge in [-0.2, -0.15) is 0 Å². The third-order valence-corrected chi connectivity index (χ3v) is 2.92. The second kappa shape index (κ2) is 4.57. The number of Topliss-reactive ketones (excluding diaryl/α,β-unsaturated/α-hetero) is 1. The van der Waals surface area contributed by atoms with Crippen LogP contribution < -0.4 is 11.1 Å². The van der Waals surface area contributed by atoms with Gasteiger partial charge < -0.3 is 11.1 Å². The van der Waals surface area contributed by atoms with E-state index in [0.29, 0.717) is 12.0 Å². The summed E-state index contributed by atoms with van der Waals surface area (Å²) in [7, 11) is 0. The fourth-order valence-electron chi connectivity index (χ4n) is 1.74. The van der Waals surface area contributed by atoms with Crippen LogP contribution in [0.15, 0.2) is 11.8 Å². The number of ketones is 1. The Labute approximate surface area is 89.9 Å². The Morgan fingerprint density at radius 1 is 1.47 bits per heavy atom. The molecule has 3 N–H and O–H groups in total. The molecule has 0 radical (unpaired) electrons. The van der Waals surface area contributed by atoms with Crippen molar-refractivity contribution in [2.75, 3.05) is 6.54 Å². The third-order valence-electron chi connectivity index (χ3n) is 2.92. The normalized spacial score (nSPS) is 26.2. The highest BCUT2D eigenvalue weighted by Gasteiger charge is 2.43. The van der Waals surface area contributed by atoms with Crippen LogP contribution in [0.5, 0.6) is 0 Å². The van der Waals surface area contributed by atoms with Crippen molar-refractivity contribution in [3.63, 3.8) is 0 Å². The molecule has 0 fully saturated rings. The van der Waals surface area contributed by atoms with E-state index in [9.17, 15) is 9.59 Å². The summed E-state index contributed by atoms with van der Waals surface area (Å²) >= 11 is 0. The van der Waals surface area contributed by atoms with Crippen molar-refractivity contribution in [2.24, 2.45) is 11.1 Å². The number of rotatable bonds is 4. The average molecular weight is 210 g/mol. The van der Waals surface area contributed by atoms with Crippen LogP contribution in [-0.4, -0.2) is 18.2 Å². The molecule has 1 atom stereocenters. The van der Waals surface area contributed by atoms with Crippen LogP contribution in [-0.2, 0) is 9.59 Å². The second-order valence-corrected chi connectivity index (χ2v) is 4.11. The van der Waals surface area contributed by atoms with Crippen molar-refractivity contribution in [3.05, 3.63) is 11.8 Å². The number of nitrogens with one attached hydrogen (secondary N) is 1. The fraction of sp³-hybridized carbons (Fsp3) is 0.636. The minimum absolute atomic E-state index is 0.123. The predicted molar refractivity (Wildman–Crippen MR) is 57.9 cm³/mol. The van der Waals surface area contributed by atoms with Gasteiger partial charge in [-0.25, -0.2) is 0 Å². The molecule has 1 rings (SSSR count). The molecule has 1 heterocycles. The molecule has 0 saturated heterocycles. The maximum atomic E-state index is 12.0. The number of carbonyl (C=O) groups excluding carboxylic acids is 2. The second-order valence-electron chi connectivity index (χ2n) is 4.11. The zero-order valence-electron chi connectivity index (χ0n) is 9.30. The van der Waals surface area contributed by atoms with Crippen molar-refractivity contribution in [1.29, 1.82) is 0 Å². The van der Waals surface area contributed by atoms with Gasteiger partial charge in [-0.15, -0.1) is 0 Å². The van der Waals surface area contributed by atoms with E-state index in [-0.39, 0.29) is 18.2 Å². The van der Waals surface area contributed by atoms with E-state index in [4.69, 9.17) is 5.73 Å². The molecule has 0 spiro atoms. The first-order chi connectivity index (χ1) is 7.06. The lowest BCUT2D eigenvalue weighted by Gasteiger charge is -2.30. The van der Waals surface area contributed by atoms with E-state index in [1.807, 2.05) is 6.92 Å². The van der Waals surface area contributed by atoms with Crippen molar-refractivity contribution in [1.82, 2.24) is 5.32 Å². The van der Waals surface area contributed by atoms with Crippen LogP contribution >= 0.6 is 0 Å². The van der Waals surface area contributed by atoms with Gasteiger partial charge in [0.05, 0.1) is 0 Å². The number of hydrogen-bond acceptors (Lipinski definition) is 3. The molecule has 0 saturated carbocycles. The summed E-state index contributed by atoms with van der Waals surface area (Å²) in [6.07, 6.45) is 3.86. The first-order valence-corrected chi connectivity index (χ1v) is 5.31. The number of amides is 1. The van der Waals surface area contributed by atoms with Crippen LogP contribution in [0.3, 0.4) is 0 Å². The number of hydrogen-bond donors (Lipinski definition) is 2. The molecule has 4 nitrogen and oxygen atoms in total. The predicted octanol–water partition coefficient (Wildman–Crippen LogP) is 0.724. The summed E-state index contributed by atoms with van der Waals surface area (Å²) in [6, 6.07) is 0. The first kappa shape index (κ1) is 11.9. The molecule has 15 heavy (non-hydrogen) atoms. The van der Waals surface area contributed by atoms with E-state index >= 15 is 0 Å². The summed E-state index contributed by atoms with van der Waals surface area (Å²) in [5.41, 5.74) is 5.04. The van der Waals surface area contributed by atoms with Crippen LogP contribution in [0, 0.1) is 5.41 Å². The molecule has 0 bridgehead atoms. The van der Waals surface area contributed by atoms with Crippen LogP contribution in [0.4, 0.5) is 0 Å². The lowest BCUT2D eigenvalue weighted by atomic mass is 9.75. The molecule has 1 aliphatic heterocycles. The molecule has 1 amide bonds. The van der Waals surface area contributed by atoms with Gasteiger partial charge >= 0.3 is 0 Å². The zero-order chi connectivity index (χ0) is 11.5. The Bertz CT molecular complexity index is 310. The Kier molecular flexibility index (Phi) is 3.63. The molecule has 0 aromatic heterocycles. The quantitative estimate of drug-likeness (QED) is 0.672. The molecule has 0 aromatic carbocycles. The van der Waals surface area contributed by atoms with Crippen molar-refractivity contribution < 1.29 is 9.59 Å². The molecular formula is C11H18N2O2. The molecular weight excluding hydrogens is 192 g/mol. The van der Waals surface area contributed by atoms with E-state index in [1.54, 1.807) is 6.92 Å². The van der Waals surface area contributed by atoms with Crippen molar-refractivity contribution >= 4 is 11.7 Å². The smallest absolute Gasteiger partial charge is 0.237 e. The Morgan fingerprint density at radius 3 is 2.67 bits per heavy atom. The zero-order valence-corrected chi connectivity index (χ0v) is 9.30. The van der Waals surface area contributed by atoms with E-state index < -0.39 is 5.41 Å². The molecule has 1 unspecified atom stereocenters. The van der Waals surface area contributed by atoms with Gasteiger partial charge in [0.15, 0.2) is 5.78 Å². The van der Waals surface area contributed by atoms with Crippen molar-refractivity contribution in [3.8, 4) is 0 Å². The summed E-state index contributed by atoms with van der Waals surface area (Å²) in [5, 5.41) is 2.61. The molecule has 0 aromatic rings. The van der Waals surface area contributed by atoms with Gasteiger partial charge in [-0.05, 0) is 13.3 Å². The summed E-state index contributed by atoms with van der Waals surface area (Å²) in [4.78, 5) is 23.7. The van der Waals surface area contributed by atoms with Gasteiger partial charge in [0.25, 0.3) is 0 Å². The minimum Gasteiger partial charge on any atom is -0.331 e. The first-order valence-electron chi connectivity index (χ1n) is 5.31. The van der Waals surface area contributed by atoms with Gasteiger partial charge in [-0.1, -0.05) is 19.8 Å². The molecule has 4 heteroatoms. The number of nitrogens with two attached hydrogens (primary N) is 1. The van der Waals surface area contributed by atoms with E-state index in [1.165, 1.54) is 6.20 Å².